The number of carboxylic acids is 1. The minimum Gasteiger partial charge on any atom is -0.478 e. The van der Waals surface area contributed by atoms with Gasteiger partial charge in [0, 0.05) is 6.08 Å². The van der Waals surface area contributed by atoms with E-state index < -0.39 is 5.97 Å². The smallest absolute Gasteiger partial charge is 0.328 e. The summed E-state index contributed by atoms with van der Waals surface area (Å²) in [4.78, 5) is 10.5. The standard InChI is InChI=1S/C20H38O2/c1-16(2)9-6-10-17(3)11-7-12-18(4)13-8-14-19(5)15-20(21)22/h15-18H,6-14H2,1-5H3,(H,21,22)/t17-,18-/m1/s1. The molecule has 0 aromatic carbocycles. The molecule has 0 aliphatic heterocycles. The normalized spacial score (nSPS) is 15.1. The van der Waals surface area contributed by atoms with Crippen LogP contribution in [0.15, 0.2) is 11.6 Å². The molecule has 0 bridgehead atoms. The molecule has 1 N–H and O–H groups in total. The van der Waals surface area contributed by atoms with Crippen LogP contribution < -0.4 is 0 Å². The number of rotatable bonds is 13. The number of aliphatic carboxylic acids is 1. The molecule has 2 nitrogen and oxygen atoms in total. The topological polar surface area (TPSA) is 37.3 Å². The predicted molar refractivity (Wildman–Crippen MR) is 96.1 cm³/mol. The first-order valence-corrected chi connectivity index (χ1v) is 9.21. The van der Waals surface area contributed by atoms with Gasteiger partial charge in [-0.2, -0.15) is 0 Å². The molecule has 0 amide bonds. The molecule has 0 saturated carbocycles. The van der Waals surface area contributed by atoms with Crippen molar-refractivity contribution in [3.8, 4) is 0 Å². The Morgan fingerprint density at radius 3 is 1.77 bits per heavy atom. The fraction of sp³-hybridized carbons (Fsp3) is 0.850. The molecule has 0 aromatic heterocycles. The van der Waals surface area contributed by atoms with Gasteiger partial charge in [0.2, 0.25) is 0 Å². The summed E-state index contributed by atoms with van der Waals surface area (Å²) in [6.45, 7) is 11.3. The lowest BCUT2D eigenvalue weighted by molar-refractivity contribution is -0.131. The van der Waals surface area contributed by atoms with Crippen LogP contribution in [0.5, 0.6) is 0 Å². The highest BCUT2D eigenvalue weighted by Crippen LogP contribution is 2.21. The van der Waals surface area contributed by atoms with Gasteiger partial charge in [0.15, 0.2) is 0 Å². The predicted octanol–water partition coefficient (Wildman–Crippen LogP) is 6.46. The van der Waals surface area contributed by atoms with E-state index in [1.165, 1.54) is 51.0 Å². The second-order valence-electron chi connectivity index (χ2n) is 7.69. The van der Waals surface area contributed by atoms with E-state index in [0.29, 0.717) is 0 Å². The molecule has 0 aliphatic rings. The van der Waals surface area contributed by atoms with Crippen molar-refractivity contribution in [1.29, 1.82) is 0 Å². The zero-order valence-corrected chi connectivity index (χ0v) is 15.5. The maximum absolute atomic E-state index is 10.5. The number of carboxylic acid groups (broad SMARTS) is 1. The Balaban J connectivity index is 3.60. The lowest BCUT2D eigenvalue weighted by atomic mass is 9.91. The van der Waals surface area contributed by atoms with Crippen molar-refractivity contribution in [2.75, 3.05) is 0 Å². The highest BCUT2D eigenvalue weighted by Gasteiger charge is 2.06. The van der Waals surface area contributed by atoms with E-state index in [0.717, 1.165) is 36.2 Å². The Morgan fingerprint density at radius 1 is 0.864 bits per heavy atom. The molecule has 22 heavy (non-hydrogen) atoms. The summed E-state index contributed by atoms with van der Waals surface area (Å²) in [6, 6.07) is 0. The molecular formula is C20H38O2. The van der Waals surface area contributed by atoms with Crippen LogP contribution in [0.2, 0.25) is 0 Å². The summed E-state index contributed by atoms with van der Waals surface area (Å²) in [5.74, 6) is 1.65. The van der Waals surface area contributed by atoms with Crippen LogP contribution in [0.1, 0.15) is 92.4 Å². The third kappa shape index (κ3) is 14.2. The first-order valence-electron chi connectivity index (χ1n) is 9.21. The molecule has 0 saturated heterocycles. The van der Waals surface area contributed by atoms with E-state index in [1.54, 1.807) is 0 Å². The molecule has 130 valence electrons. The molecule has 2 atom stereocenters. The fourth-order valence-corrected chi connectivity index (χ4v) is 2.99. The second-order valence-corrected chi connectivity index (χ2v) is 7.69. The molecule has 0 spiro atoms. The monoisotopic (exact) mass is 310 g/mol. The minimum atomic E-state index is -0.822. The van der Waals surface area contributed by atoms with Crippen molar-refractivity contribution in [2.24, 2.45) is 17.8 Å². The van der Waals surface area contributed by atoms with Gasteiger partial charge < -0.3 is 5.11 Å². The third-order valence-electron chi connectivity index (χ3n) is 4.51. The summed E-state index contributed by atoms with van der Waals surface area (Å²) in [5, 5.41) is 8.68. The zero-order valence-electron chi connectivity index (χ0n) is 15.5. The van der Waals surface area contributed by atoms with Crippen LogP contribution >= 0.6 is 0 Å². The van der Waals surface area contributed by atoms with Crippen molar-refractivity contribution >= 4 is 5.97 Å². The van der Waals surface area contributed by atoms with Gasteiger partial charge in [-0.15, -0.1) is 0 Å². The van der Waals surface area contributed by atoms with Gasteiger partial charge in [0.1, 0.15) is 0 Å². The summed E-state index contributed by atoms with van der Waals surface area (Å²) in [7, 11) is 0. The zero-order chi connectivity index (χ0) is 17.0. The second kappa shape index (κ2) is 12.7. The van der Waals surface area contributed by atoms with E-state index in [4.69, 9.17) is 5.11 Å². The maximum Gasteiger partial charge on any atom is 0.328 e. The average molecular weight is 311 g/mol. The Labute approximate surface area is 138 Å². The third-order valence-corrected chi connectivity index (χ3v) is 4.51. The maximum atomic E-state index is 10.5. The first kappa shape index (κ1) is 21.2. The number of hydrogen-bond donors (Lipinski definition) is 1. The van der Waals surface area contributed by atoms with Crippen LogP contribution in [0.4, 0.5) is 0 Å². The van der Waals surface area contributed by atoms with Gasteiger partial charge in [0.25, 0.3) is 0 Å². The summed E-state index contributed by atoms with van der Waals surface area (Å²) in [5.41, 5.74) is 0.985. The lowest BCUT2D eigenvalue weighted by Gasteiger charge is -2.15. The van der Waals surface area contributed by atoms with E-state index in [-0.39, 0.29) is 0 Å². The molecule has 0 unspecified atom stereocenters. The first-order chi connectivity index (χ1) is 10.3. The summed E-state index contributed by atoms with van der Waals surface area (Å²) < 4.78 is 0. The van der Waals surface area contributed by atoms with Crippen LogP contribution in [-0.2, 0) is 4.79 Å². The highest BCUT2D eigenvalue weighted by atomic mass is 16.4. The quantitative estimate of drug-likeness (QED) is 0.396. The Morgan fingerprint density at radius 2 is 1.32 bits per heavy atom. The Hall–Kier alpha value is -0.790. The molecule has 2 heteroatoms. The molecule has 0 aliphatic carbocycles. The van der Waals surface area contributed by atoms with Crippen molar-refractivity contribution < 1.29 is 9.90 Å². The van der Waals surface area contributed by atoms with E-state index in [9.17, 15) is 4.79 Å². The van der Waals surface area contributed by atoms with Crippen LogP contribution in [0, 0.1) is 17.8 Å². The molecule has 0 aromatic rings. The van der Waals surface area contributed by atoms with Crippen LogP contribution in [0.25, 0.3) is 0 Å². The molecule has 0 fully saturated rings. The van der Waals surface area contributed by atoms with Gasteiger partial charge in [-0.3, -0.25) is 0 Å². The lowest BCUT2D eigenvalue weighted by Crippen LogP contribution is -2.00. The molecule has 0 heterocycles. The number of carbonyl (C=O) groups is 1. The van der Waals surface area contributed by atoms with Crippen molar-refractivity contribution in [3.05, 3.63) is 11.6 Å². The van der Waals surface area contributed by atoms with Gasteiger partial charge >= 0.3 is 5.97 Å². The number of hydrogen-bond acceptors (Lipinski definition) is 1. The molecule has 0 rings (SSSR count). The largest absolute Gasteiger partial charge is 0.478 e. The Kier molecular flexibility index (Phi) is 12.3. The average Bonchev–Trinajstić information content (AvgIpc) is 2.37. The van der Waals surface area contributed by atoms with E-state index in [2.05, 4.69) is 27.7 Å². The van der Waals surface area contributed by atoms with Crippen molar-refractivity contribution in [3.63, 3.8) is 0 Å². The van der Waals surface area contributed by atoms with E-state index in [1.807, 2.05) is 6.92 Å². The highest BCUT2D eigenvalue weighted by molar-refractivity contribution is 5.80. The van der Waals surface area contributed by atoms with Gasteiger partial charge in [-0.25, -0.2) is 4.79 Å². The van der Waals surface area contributed by atoms with Crippen LogP contribution in [0.3, 0.4) is 0 Å². The Bertz CT molecular complexity index is 318. The van der Waals surface area contributed by atoms with Crippen molar-refractivity contribution in [1.82, 2.24) is 0 Å². The summed E-state index contributed by atoms with van der Waals surface area (Å²) >= 11 is 0. The van der Waals surface area contributed by atoms with Crippen molar-refractivity contribution in [2.45, 2.75) is 92.4 Å². The fourth-order valence-electron chi connectivity index (χ4n) is 2.99. The van der Waals surface area contributed by atoms with Gasteiger partial charge in [-0.1, -0.05) is 78.2 Å². The minimum absolute atomic E-state index is 0.764. The van der Waals surface area contributed by atoms with Gasteiger partial charge in [-0.05, 0) is 37.5 Å². The SMILES string of the molecule is CC(=CC(=O)O)CCC[C@H](C)CCC[C@H](C)CCCC(C)C. The summed E-state index contributed by atoms with van der Waals surface area (Å²) in [6.07, 6.45) is 12.7. The van der Waals surface area contributed by atoms with E-state index >= 15 is 0 Å². The number of allylic oxidation sites excluding steroid dienone is 1. The molecular weight excluding hydrogens is 272 g/mol. The van der Waals surface area contributed by atoms with Gasteiger partial charge in [0.05, 0.1) is 0 Å². The van der Waals surface area contributed by atoms with Crippen LogP contribution in [-0.4, -0.2) is 11.1 Å². The molecule has 0 radical (unpaired) electrons.